The fourth-order valence-corrected chi connectivity index (χ4v) is 8.96. The van der Waals surface area contributed by atoms with Gasteiger partial charge in [0, 0.05) is 62.1 Å². The summed E-state index contributed by atoms with van der Waals surface area (Å²) < 4.78 is 87.0. The van der Waals surface area contributed by atoms with Gasteiger partial charge in [0.05, 0.1) is 42.7 Å². The number of carboxylic acid groups (broad SMARTS) is 2. The molecule has 0 aliphatic carbocycles. The van der Waals surface area contributed by atoms with Crippen LogP contribution in [-0.4, -0.2) is 228 Å². The Balaban J connectivity index is 0.000000273. The molecule has 0 aliphatic heterocycles. The molecule has 590 valence electrons. The second-order valence-corrected chi connectivity index (χ2v) is 25.9. The predicted octanol–water partition coefficient (Wildman–Crippen LogP) is 8.28. The summed E-state index contributed by atoms with van der Waals surface area (Å²) in [4.78, 5) is 148. The van der Waals surface area contributed by atoms with Crippen molar-refractivity contribution in [2.75, 3.05) is 73.9 Å². The Hall–Kier alpha value is -13.6. The van der Waals surface area contributed by atoms with Crippen molar-refractivity contribution in [3.8, 4) is 35.3 Å². The number of rotatable bonds is 19. The van der Waals surface area contributed by atoms with Crippen LogP contribution in [0.2, 0.25) is 0 Å². The number of hydrogen-bond donors (Lipinski definition) is 2. The summed E-state index contributed by atoms with van der Waals surface area (Å²) in [5.41, 5.74) is 0.673. The first kappa shape index (κ1) is 91.8. The van der Waals surface area contributed by atoms with Crippen molar-refractivity contribution in [3.05, 3.63) is 235 Å². The Morgan fingerprint density at radius 3 is 0.726 bits per heavy atom. The van der Waals surface area contributed by atoms with Crippen molar-refractivity contribution in [1.82, 2.24) is 79.7 Å². The minimum Gasteiger partial charge on any atom is -0.477 e. The summed E-state index contributed by atoms with van der Waals surface area (Å²) in [5.74, 6) is -3.68. The fourth-order valence-electron chi connectivity index (χ4n) is 6.86. The number of thioether (sulfide) groups is 3. The molecule has 0 fully saturated rings. The topological polar surface area (TPSA) is 535 Å². The average molecular weight is 1650 g/mol. The summed E-state index contributed by atoms with van der Waals surface area (Å²) in [6, 6.07) is 38.5. The lowest BCUT2D eigenvalue weighted by atomic mass is 10.3. The molecule has 0 radical (unpaired) electrons. The maximum atomic E-state index is 11.3. The van der Waals surface area contributed by atoms with E-state index in [1.165, 1.54) is 176 Å². The molecular formula is C69H66N16O23S5. The maximum Gasteiger partial charge on any atom is 0.356 e. The minimum atomic E-state index is -3.50. The number of aromatic carboxylic acids is 2. The third-order valence-corrected chi connectivity index (χ3v) is 15.3. The zero-order chi connectivity index (χ0) is 83.3. The van der Waals surface area contributed by atoms with Crippen LogP contribution >= 0.6 is 35.3 Å². The van der Waals surface area contributed by atoms with Crippen LogP contribution in [-0.2, 0) is 48.1 Å². The van der Waals surface area contributed by atoms with Gasteiger partial charge in [-0.15, -0.1) is 0 Å². The van der Waals surface area contributed by atoms with Gasteiger partial charge in [-0.05, 0) is 104 Å². The summed E-state index contributed by atoms with van der Waals surface area (Å²) in [7, 11) is 0.609. The van der Waals surface area contributed by atoms with Crippen LogP contribution in [0, 0.1) is 0 Å². The van der Waals surface area contributed by atoms with Gasteiger partial charge in [0.2, 0.25) is 30.0 Å². The van der Waals surface area contributed by atoms with Crippen molar-refractivity contribution >= 4 is 103 Å². The number of carboxylic acids is 2. The average Bonchev–Trinajstić information content (AvgIpc) is 0.863. The van der Waals surface area contributed by atoms with Gasteiger partial charge in [0.1, 0.15) is 17.2 Å². The largest absolute Gasteiger partial charge is 0.477 e. The third kappa shape index (κ3) is 33.8. The lowest BCUT2D eigenvalue weighted by Crippen LogP contribution is -2.10. The van der Waals surface area contributed by atoms with E-state index in [1.807, 2.05) is 55.0 Å². The molecule has 0 saturated heterocycles. The Morgan fingerprint density at radius 1 is 0.283 bits per heavy atom. The van der Waals surface area contributed by atoms with Crippen LogP contribution < -0.4 is 14.2 Å². The number of sulfone groups is 2. The van der Waals surface area contributed by atoms with Crippen molar-refractivity contribution in [2.24, 2.45) is 0 Å². The van der Waals surface area contributed by atoms with Crippen LogP contribution in [0.5, 0.6) is 35.3 Å². The van der Waals surface area contributed by atoms with Gasteiger partial charge >= 0.3 is 65.8 Å². The Labute approximate surface area is 656 Å². The van der Waals surface area contributed by atoms with E-state index in [0.29, 0.717) is 32.7 Å². The SMILES string of the molecule is COC(=O)c1ccnc(Oc2ccccc2)n1.COC(=O)c1ccnc(Oc2ccccc2)n1.COC(=O)c1ccnc(S(C)(=O)=O)n1.COC(=O)c1ccnc(S(C)(=O)=O)n1.COC(=O)c1ccnc(SC)n1.COC(=O)c1ccnc(SC)n1.CSc1nccc(C(=O)O)n1.O=C(O)c1ccnc(Oc2ccccc2)n1. The molecule has 39 nitrogen and oxygen atoms in total. The molecule has 0 unspecified atom stereocenters. The molecule has 113 heavy (non-hydrogen) atoms. The fraction of sp³-hybridized carbons (Fsp3) is 0.159. The number of para-hydroxylation sites is 3. The molecule has 11 rings (SSSR count). The first-order chi connectivity index (χ1) is 54.0. The highest BCUT2D eigenvalue weighted by atomic mass is 32.2. The normalized spacial score (nSPS) is 9.97. The molecule has 0 aliphatic rings. The van der Waals surface area contributed by atoms with E-state index in [-0.39, 0.29) is 73.9 Å². The van der Waals surface area contributed by atoms with Gasteiger partial charge in [-0.3, -0.25) is 0 Å². The monoisotopic (exact) mass is 1650 g/mol. The summed E-state index contributed by atoms with van der Waals surface area (Å²) >= 11 is 4.08. The number of aromatic nitrogens is 16. The van der Waals surface area contributed by atoms with Crippen LogP contribution in [0.25, 0.3) is 0 Å². The van der Waals surface area contributed by atoms with Gasteiger partial charge < -0.3 is 52.8 Å². The van der Waals surface area contributed by atoms with Crippen LogP contribution in [0.3, 0.4) is 0 Å². The summed E-state index contributed by atoms with van der Waals surface area (Å²) in [6.45, 7) is 0. The number of ether oxygens (including phenoxy) is 9. The molecule has 0 spiro atoms. The van der Waals surface area contributed by atoms with Crippen molar-refractivity contribution < 1.29 is 108 Å². The number of nitrogens with zero attached hydrogens (tertiary/aromatic N) is 16. The van der Waals surface area contributed by atoms with E-state index < -0.39 is 67.4 Å². The second-order valence-electron chi connectivity index (χ2n) is 19.8. The maximum absolute atomic E-state index is 11.3. The quantitative estimate of drug-likeness (QED) is 0.0332. The number of methoxy groups -OCH3 is 6. The van der Waals surface area contributed by atoms with Gasteiger partial charge in [-0.25, -0.2) is 120 Å². The number of carbonyl (C=O) groups is 8. The number of carbonyl (C=O) groups excluding carboxylic acids is 6. The van der Waals surface area contributed by atoms with Crippen molar-refractivity contribution in [1.29, 1.82) is 0 Å². The van der Waals surface area contributed by atoms with E-state index in [1.54, 1.807) is 54.8 Å². The van der Waals surface area contributed by atoms with Crippen molar-refractivity contribution in [2.45, 2.75) is 25.8 Å². The lowest BCUT2D eigenvalue weighted by Gasteiger charge is -2.04. The van der Waals surface area contributed by atoms with E-state index in [9.17, 15) is 55.2 Å². The van der Waals surface area contributed by atoms with E-state index in [0.717, 1.165) is 12.5 Å². The minimum absolute atomic E-state index is 0.0195. The number of esters is 6. The molecule has 0 bridgehead atoms. The van der Waals surface area contributed by atoms with Crippen LogP contribution in [0.4, 0.5) is 0 Å². The van der Waals surface area contributed by atoms with E-state index in [2.05, 4.69) is 108 Å². The van der Waals surface area contributed by atoms with Crippen LogP contribution in [0.1, 0.15) is 83.9 Å². The Bertz CT molecular complexity index is 4960. The van der Waals surface area contributed by atoms with Crippen LogP contribution in [0.15, 0.2) is 215 Å². The summed E-state index contributed by atoms with van der Waals surface area (Å²) in [6.07, 6.45) is 18.5. The molecule has 3 aromatic carbocycles. The van der Waals surface area contributed by atoms with E-state index >= 15 is 0 Å². The Morgan fingerprint density at radius 2 is 0.487 bits per heavy atom. The first-order valence-corrected chi connectivity index (χ1v) is 38.3. The standard InChI is InChI=1S/2C12H10N2O3.C11H8N2O3.2C7H8N2O4S.2C7H8N2O2S.C6H6N2O2S/c2*1-16-11(15)10-7-8-13-12(14-10)17-9-5-3-2-4-6-9;14-10(15)9-6-7-12-11(13-9)16-8-4-2-1-3-5-8;2*1-13-6(10)5-3-4-8-7(9-5)14(2,11)12;2*1-11-6(10)5-3-4-8-7(9-5)12-2;1-11-6-7-3-2-4(8-6)5(9)10/h2*2-8H,1H3;1-7H,(H,14,15);2*3-4H,1-2H3;2*3-4H,1-2H3;2-3H,1H3,(H,9,10). The second kappa shape index (κ2) is 48.7. The molecule has 0 atom stereocenters. The molecule has 0 saturated carbocycles. The summed E-state index contributed by atoms with van der Waals surface area (Å²) in [5, 5.41) is 18.1. The number of benzene rings is 3. The van der Waals surface area contributed by atoms with Gasteiger partial charge in [0.15, 0.2) is 61.0 Å². The Kier molecular flexibility index (Phi) is 39.6. The molecule has 44 heteroatoms. The third-order valence-electron chi connectivity index (χ3n) is 11.9. The molecule has 8 heterocycles. The first-order valence-electron chi connectivity index (χ1n) is 30.8. The number of hydrogen-bond acceptors (Lipinski definition) is 40. The highest BCUT2D eigenvalue weighted by molar-refractivity contribution is 7.98. The van der Waals surface area contributed by atoms with Crippen molar-refractivity contribution in [3.63, 3.8) is 0 Å². The molecular weight excluding hydrogens is 1580 g/mol. The van der Waals surface area contributed by atoms with E-state index in [4.69, 9.17) is 24.4 Å². The van der Waals surface area contributed by atoms with Gasteiger partial charge in [-0.2, -0.15) is 15.0 Å². The zero-order valence-electron chi connectivity index (χ0n) is 61.1. The highest BCUT2D eigenvalue weighted by Gasteiger charge is 2.18. The molecule has 0 amide bonds. The molecule has 11 aromatic rings. The predicted molar refractivity (Wildman–Crippen MR) is 399 cm³/mol. The zero-order valence-corrected chi connectivity index (χ0v) is 65.1. The smallest absolute Gasteiger partial charge is 0.356 e. The van der Waals surface area contributed by atoms with Gasteiger partial charge in [0.25, 0.3) is 0 Å². The highest BCUT2D eigenvalue weighted by Crippen LogP contribution is 2.20. The molecule has 8 aromatic heterocycles. The van der Waals surface area contributed by atoms with Gasteiger partial charge in [-0.1, -0.05) is 89.9 Å². The lowest BCUT2D eigenvalue weighted by molar-refractivity contribution is 0.0584. The molecule has 2 N–H and O–H groups in total.